The third-order valence-corrected chi connectivity index (χ3v) is 3.74. The highest BCUT2D eigenvalue weighted by molar-refractivity contribution is 5.59. The SMILES string of the molecule is C#C[C@]1(CO)O[C@@H](c2cnc3c(N)nc(C)nn23)C(O)[C@H]1O. The monoisotopic (exact) mass is 305 g/mol. The molecule has 0 saturated carbocycles. The van der Waals surface area contributed by atoms with Crippen molar-refractivity contribution in [3.05, 3.63) is 17.7 Å². The number of terminal acetylenes is 1. The number of nitrogen functional groups attached to an aromatic ring is 1. The van der Waals surface area contributed by atoms with E-state index in [1.165, 1.54) is 10.7 Å². The van der Waals surface area contributed by atoms with Gasteiger partial charge in [-0.2, -0.15) is 5.10 Å². The number of rotatable bonds is 2. The number of nitrogens with two attached hydrogens (primary N) is 1. The summed E-state index contributed by atoms with van der Waals surface area (Å²) in [5, 5.41) is 33.9. The molecule has 116 valence electrons. The second-order valence-electron chi connectivity index (χ2n) is 5.13. The Kier molecular flexibility index (Phi) is 3.26. The van der Waals surface area contributed by atoms with Gasteiger partial charge < -0.3 is 25.8 Å². The van der Waals surface area contributed by atoms with E-state index in [4.69, 9.17) is 16.9 Å². The van der Waals surface area contributed by atoms with Gasteiger partial charge in [-0.15, -0.1) is 6.42 Å². The van der Waals surface area contributed by atoms with Crippen molar-refractivity contribution in [1.29, 1.82) is 0 Å². The summed E-state index contributed by atoms with van der Waals surface area (Å²) in [6.45, 7) is 1.02. The number of imidazole rings is 1. The normalized spacial score (nSPS) is 31.5. The zero-order valence-electron chi connectivity index (χ0n) is 11.7. The van der Waals surface area contributed by atoms with Gasteiger partial charge in [0, 0.05) is 0 Å². The molecule has 9 nitrogen and oxygen atoms in total. The predicted octanol–water partition coefficient (Wildman–Crippen LogP) is -1.83. The van der Waals surface area contributed by atoms with Gasteiger partial charge in [0.1, 0.15) is 24.1 Å². The van der Waals surface area contributed by atoms with Crippen LogP contribution in [0.2, 0.25) is 0 Å². The number of aromatic nitrogens is 4. The minimum Gasteiger partial charge on any atom is -0.392 e. The first-order valence-electron chi connectivity index (χ1n) is 6.54. The molecule has 1 saturated heterocycles. The van der Waals surface area contributed by atoms with Crippen LogP contribution in [-0.2, 0) is 4.74 Å². The van der Waals surface area contributed by atoms with Crippen LogP contribution in [0.3, 0.4) is 0 Å². The molecule has 4 atom stereocenters. The summed E-state index contributed by atoms with van der Waals surface area (Å²) in [4.78, 5) is 8.08. The molecule has 1 unspecified atom stereocenters. The molecule has 1 aliphatic rings. The van der Waals surface area contributed by atoms with Crippen molar-refractivity contribution in [2.45, 2.75) is 30.8 Å². The van der Waals surface area contributed by atoms with Crippen LogP contribution in [0, 0.1) is 19.3 Å². The quantitative estimate of drug-likeness (QED) is 0.475. The van der Waals surface area contributed by atoms with Crippen LogP contribution in [0.5, 0.6) is 0 Å². The number of aliphatic hydroxyl groups excluding tert-OH is 3. The van der Waals surface area contributed by atoms with Crippen LogP contribution in [-0.4, -0.2) is 59.3 Å². The van der Waals surface area contributed by atoms with E-state index < -0.39 is 30.5 Å². The van der Waals surface area contributed by atoms with E-state index in [1.54, 1.807) is 6.92 Å². The molecule has 0 bridgehead atoms. The van der Waals surface area contributed by atoms with Crippen molar-refractivity contribution in [2.24, 2.45) is 0 Å². The number of hydrogen-bond donors (Lipinski definition) is 4. The van der Waals surface area contributed by atoms with Crippen molar-refractivity contribution in [1.82, 2.24) is 19.6 Å². The van der Waals surface area contributed by atoms with Crippen molar-refractivity contribution in [2.75, 3.05) is 12.3 Å². The minimum atomic E-state index is -1.68. The average Bonchev–Trinajstić information content (AvgIpc) is 3.01. The van der Waals surface area contributed by atoms with Gasteiger partial charge >= 0.3 is 0 Å². The molecule has 9 heteroatoms. The number of aliphatic hydroxyl groups is 3. The van der Waals surface area contributed by atoms with Gasteiger partial charge in [0.2, 0.25) is 0 Å². The van der Waals surface area contributed by atoms with Crippen LogP contribution in [0.4, 0.5) is 5.82 Å². The van der Waals surface area contributed by atoms with Gasteiger partial charge in [-0.25, -0.2) is 14.5 Å². The molecule has 0 amide bonds. The summed E-state index contributed by atoms with van der Waals surface area (Å²) in [5.41, 5.74) is 4.75. The molecule has 0 aliphatic carbocycles. The van der Waals surface area contributed by atoms with Crippen molar-refractivity contribution in [3.8, 4) is 12.3 Å². The lowest BCUT2D eigenvalue weighted by Crippen LogP contribution is -2.44. The molecule has 0 spiro atoms. The number of anilines is 1. The molecule has 0 aromatic carbocycles. The number of fused-ring (bicyclic) bond motifs is 1. The van der Waals surface area contributed by atoms with Gasteiger partial charge in [0.15, 0.2) is 17.1 Å². The highest BCUT2D eigenvalue weighted by atomic mass is 16.6. The van der Waals surface area contributed by atoms with Gasteiger partial charge in [-0.1, -0.05) is 5.92 Å². The fraction of sp³-hybridized carbons (Fsp3) is 0.462. The van der Waals surface area contributed by atoms with Crippen LogP contribution in [0.1, 0.15) is 17.6 Å². The molecule has 2 aromatic rings. The molecular formula is C13H15N5O4. The molecule has 3 heterocycles. The molecule has 5 N–H and O–H groups in total. The summed E-state index contributed by atoms with van der Waals surface area (Å²) < 4.78 is 6.93. The summed E-state index contributed by atoms with van der Waals surface area (Å²) in [6, 6.07) is 0. The Bertz CT molecular complexity index is 770. The first-order chi connectivity index (χ1) is 10.4. The highest BCUT2D eigenvalue weighted by Gasteiger charge is 2.54. The predicted molar refractivity (Wildman–Crippen MR) is 74.4 cm³/mol. The van der Waals surface area contributed by atoms with E-state index in [2.05, 4.69) is 21.0 Å². The Balaban J connectivity index is 2.11. The smallest absolute Gasteiger partial charge is 0.196 e. The third kappa shape index (κ3) is 1.86. The second kappa shape index (κ2) is 4.89. The number of nitrogens with zero attached hydrogens (tertiary/aromatic N) is 4. The molecule has 2 aromatic heterocycles. The lowest BCUT2D eigenvalue weighted by Gasteiger charge is -2.23. The topological polar surface area (TPSA) is 139 Å². The van der Waals surface area contributed by atoms with Gasteiger partial charge in [0.05, 0.1) is 18.5 Å². The van der Waals surface area contributed by atoms with Gasteiger partial charge in [0.25, 0.3) is 0 Å². The van der Waals surface area contributed by atoms with Gasteiger partial charge in [-0.05, 0) is 6.92 Å². The summed E-state index contributed by atoms with van der Waals surface area (Å²) in [7, 11) is 0. The Morgan fingerprint density at radius 3 is 2.86 bits per heavy atom. The van der Waals surface area contributed by atoms with E-state index in [-0.39, 0.29) is 5.82 Å². The zero-order chi connectivity index (χ0) is 16.1. The number of ether oxygens (including phenoxy) is 1. The molecule has 3 rings (SSSR count). The first kappa shape index (κ1) is 14.7. The minimum absolute atomic E-state index is 0.178. The second-order valence-corrected chi connectivity index (χ2v) is 5.13. The molecule has 0 radical (unpaired) electrons. The lowest BCUT2D eigenvalue weighted by atomic mass is 9.96. The van der Waals surface area contributed by atoms with E-state index in [1.807, 2.05) is 0 Å². The maximum atomic E-state index is 10.2. The summed E-state index contributed by atoms with van der Waals surface area (Å²) in [6.07, 6.45) is 2.94. The largest absolute Gasteiger partial charge is 0.392 e. The van der Waals surface area contributed by atoms with Crippen molar-refractivity contribution < 1.29 is 20.1 Å². The van der Waals surface area contributed by atoms with Crippen LogP contribution >= 0.6 is 0 Å². The summed E-state index contributed by atoms with van der Waals surface area (Å²) in [5.74, 6) is 2.78. The van der Waals surface area contributed by atoms with E-state index >= 15 is 0 Å². The van der Waals surface area contributed by atoms with E-state index in [0.717, 1.165) is 0 Å². The highest BCUT2D eigenvalue weighted by Crippen LogP contribution is 2.39. The standard InChI is InChI=1S/C13H15N5O4/c1-3-13(5-19)10(21)8(20)9(22-13)7-4-15-12-11(14)16-6(2)17-18(7)12/h1,4,8-10,19-21H,5H2,2H3,(H2,14,16,17)/t8?,9-,10+,13+/m0/s1. The third-order valence-electron chi connectivity index (χ3n) is 3.74. The van der Waals surface area contributed by atoms with Gasteiger partial charge in [-0.3, -0.25) is 0 Å². The number of aryl methyl sites for hydroxylation is 1. The molecule has 22 heavy (non-hydrogen) atoms. The summed E-state index contributed by atoms with van der Waals surface area (Å²) >= 11 is 0. The fourth-order valence-electron chi connectivity index (χ4n) is 2.56. The Morgan fingerprint density at radius 1 is 1.55 bits per heavy atom. The first-order valence-corrected chi connectivity index (χ1v) is 6.54. The Morgan fingerprint density at radius 2 is 2.27 bits per heavy atom. The Hall–Kier alpha value is -2.25. The van der Waals surface area contributed by atoms with Crippen molar-refractivity contribution in [3.63, 3.8) is 0 Å². The fourth-order valence-corrected chi connectivity index (χ4v) is 2.56. The zero-order valence-corrected chi connectivity index (χ0v) is 11.7. The Labute approximate surface area is 125 Å². The number of hydrogen-bond acceptors (Lipinski definition) is 8. The molecule has 1 fully saturated rings. The van der Waals surface area contributed by atoms with E-state index in [0.29, 0.717) is 17.2 Å². The molecular weight excluding hydrogens is 290 g/mol. The van der Waals surface area contributed by atoms with Crippen LogP contribution in [0.25, 0.3) is 5.65 Å². The lowest BCUT2D eigenvalue weighted by molar-refractivity contribution is -0.0732. The molecule has 1 aliphatic heterocycles. The van der Waals surface area contributed by atoms with E-state index in [9.17, 15) is 15.3 Å². The van der Waals surface area contributed by atoms with Crippen LogP contribution < -0.4 is 5.73 Å². The average molecular weight is 305 g/mol. The maximum Gasteiger partial charge on any atom is 0.196 e. The van der Waals surface area contributed by atoms with Crippen LogP contribution in [0.15, 0.2) is 6.20 Å². The van der Waals surface area contributed by atoms with Crippen molar-refractivity contribution >= 4 is 11.5 Å². The maximum absolute atomic E-state index is 10.2.